The topological polar surface area (TPSA) is 116 Å². The van der Waals surface area contributed by atoms with Gasteiger partial charge < -0.3 is 20.5 Å². The van der Waals surface area contributed by atoms with E-state index in [4.69, 9.17) is 15.2 Å². The molecule has 2 amide bonds. The molecule has 9 heteroatoms. The third-order valence-corrected chi connectivity index (χ3v) is 6.38. The molecule has 180 valence electrons. The van der Waals surface area contributed by atoms with Crippen molar-refractivity contribution < 1.29 is 19.1 Å². The number of rotatable bonds is 11. The van der Waals surface area contributed by atoms with Crippen LogP contribution in [0.5, 0.6) is 11.5 Å². The summed E-state index contributed by atoms with van der Waals surface area (Å²) in [6, 6.07) is 12.1. The van der Waals surface area contributed by atoms with Crippen LogP contribution in [0.15, 0.2) is 42.5 Å². The number of amides is 2. The van der Waals surface area contributed by atoms with E-state index in [0.717, 1.165) is 35.4 Å². The Hall–Kier alpha value is -3.43. The van der Waals surface area contributed by atoms with Gasteiger partial charge in [0.05, 0.1) is 19.9 Å². The first-order valence-corrected chi connectivity index (χ1v) is 11.9. The molecule has 1 heterocycles. The molecular weight excluding hydrogens is 452 g/mol. The second kappa shape index (κ2) is 12.2. The Kier molecular flexibility index (Phi) is 9.00. The van der Waals surface area contributed by atoms with Crippen molar-refractivity contribution in [2.75, 3.05) is 26.1 Å². The van der Waals surface area contributed by atoms with Gasteiger partial charge in [-0.15, -0.1) is 11.3 Å². The first-order valence-electron chi connectivity index (χ1n) is 11.1. The molecule has 0 aliphatic heterocycles. The Morgan fingerprint density at radius 2 is 1.79 bits per heavy atom. The zero-order chi connectivity index (χ0) is 24.5. The zero-order valence-corrected chi connectivity index (χ0v) is 20.5. The fourth-order valence-corrected chi connectivity index (χ4v) is 4.37. The molecule has 0 aliphatic rings. The van der Waals surface area contributed by atoms with Gasteiger partial charge in [0.25, 0.3) is 11.8 Å². The number of nitrogens with zero attached hydrogens (tertiary/aromatic N) is 1. The first-order chi connectivity index (χ1) is 16.5. The minimum Gasteiger partial charge on any atom is -0.493 e. The summed E-state index contributed by atoms with van der Waals surface area (Å²) in [6.07, 6.45) is 2.53. The van der Waals surface area contributed by atoms with Crippen molar-refractivity contribution in [3.63, 3.8) is 0 Å². The highest BCUT2D eigenvalue weighted by Crippen LogP contribution is 2.28. The Morgan fingerprint density at radius 3 is 2.50 bits per heavy atom. The summed E-state index contributed by atoms with van der Waals surface area (Å²) in [5, 5.41) is 6.35. The first kappa shape index (κ1) is 25.2. The molecule has 0 radical (unpaired) electrons. The largest absolute Gasteiger partial charge is 0.493 e. The minimum absolute atomic E-state index is 0.241. The summed E-state index contributed by atoms with van der Waals surface area (Å²) in [5.41, 5.74) is 8.37. The molecule has 3 rings (SSSR count). The van der Waals surface area contributed by atoms with Crippen molar-refractivity contribution in [3.8, 4) is 11.5 Å². The van der Waals surface area contributed by atoms with Crippen LogP contribution in [0.1, 0.15) is 50.2 Å². The van der Waals surface area contributed by atoms with E-state index in [1.54, 1.807) is 43.5 Å². The van der Waals surface area contributed by atoms with E-state index in [1.165, 1.54) is 18.4 Å². The summed E-state index contributed by atoms with van der Waals surface area (Å²) >= 11 is 1.49. The predicted molar refractivity (Wildman–Crippen MR) is 134 cm³/mol. The maximum Gasteiger partial charge on any atom is 0.257 e. The average Bonchev–Trinajstić information content (AvgIpc) is 3.26. The molecule has 0 fully saturated rings. The molecule has 0 unspecified atom stereocenters. The summed E-state index contributed by atoms with van der Waals surface area (Å²) in [6.45, 7) is 2.96. The average molecular weight is 483 g/mol. The molecule has 4 N–H and O–H groups in total. The van der Waals surface area contributed by atoms with E-state index in [-0.39, 0.29) is 18.4 Å². The second-order valence-electron chi connectivity index (χ2n) is 7.54. The quantitative estimate of drug-likeness (QED) is 0.383. The highest BCUT2D eigenvalue weighted by molar-refractivity contribution is 7.15. The number of benzene rings is 2. The lowest BCUT2D eigenvalue weighted by molar-refractivity contribution is 0.0950. The molecule has 8 nitrogen and oxygen atoms in total. The number of hydrogen-bond donors (Lipinski definition) is 3. The molecule has 0 aliphatic carbocycles. The fourth-order valence-electron chi connectivity index (χ4n) is 3.43. The third kappa shape index (κ3) is 6.33. The van der Waals surface area contributed by atoms with Crippen LogP contribution in [0, 0.1) is 0 Å². The van der Waals surface area contributed by atoms with Crippen LogP contribution in [-0.2, 0) is 19.4 Å². The minimum atomic E-state index is -0.254. The number of methoxy groups -OCH3 is 2. The van der Waals surface area contributed by atoms with Crippen LogP contribution in [0.3, 0.4) is 0 Å². The van der Waals surface area contributed by atoms with Crippen molar-refractivity contribution in [3.05, 3.63) is 69.7 Å². The smallest absolute Gasteiger partial charge is 0.257 e. The molecule has 0 atom stereocenters. The van der Waals surface area contributed by atoms with Gasteiger partial charge in [0.15, 0.2) is 16.6 Å². The van der Waals surface area contributed by atoms with E-state index in [9.17, 15) is 9.59 Å². The molecule has 3 aromatic rings. The van der Waals surface area contributed by atoms with Crippen LogP contribution in [0.4, 0.5) is 5.13 Å². The molecular formula is C25H30N4O4S. The number of nitrogens with one attached hydrogen (secondary N) is 2. The molecule has 2 aromatic carbocycles. The van der Waals surface area contributed by atoms with Gasteiger partial charge in [-0.05, 0) is 61.7 Å². The number of anilines is 1. The molecule has 0 spiro atoms. The van der Waals surface area contributed by atoms with Gasteiger partial charge in [0.1, 0.15) is 0 Å². The second-order valence-corrected chi connectivity index (χ2v) is 8.63. The molecule has 34 heavy (non-hydrogen) atoms. The lowest BCUT2D eigenvalue weighted by Crippen LogP contribution is -2.23. The van der Waals surface area contributed by atoms with Crippen molar-refractivity contribution in [2.24, 2.45) is 5.73 Å². The monoisotopic (exact) mass is 482 g/mol. The van der Waals surface area contributed by atoms with Crippen LogP contribution in [0.2, 0.25) is 0 Å². The van der Waals surface area contributed by atoms with Crippen LogP contribution in [0.25, 0.3) is 0 Å². The van der Waals surface area contributed by atoms with Crippen molar-refractivity contribution in [1.82, 2.24) is 10.3 Å². The summed E-state index contributed by atoms with van der Waals surface area (Å²) in [5.74, 6) is 0.537. The number of ether oxygens (including phenoxy) is 2. The maximum atomic E-state index is 12.8. The summed E-state index contributed by atoms with van der Waals surface area (Å²) in [4.78, 5) is 31.1. The van der Waals surface area contributed by atoms with Gasteiger partial charge in [-0.25, -0.2) is 4.98 Å². The van der Waals surface area contributed by atoms with Gasteiger partial charge in [0.2, 0.25) is 0 Å². The Balaban J connectivity index is 1.64. The molecule has 0 bridgehead atoms. The number of aromatic nitrogens is 1. The summed E-state index contributed by atoms with van der Waals surface area (Å²) in [7, 11) is 3.06. The third-order valence-electron chi connectivity index (χ3n) is 5.23. The summed E-state index contributed by atoms with van der Waals surface area (Å²) < 4.78 is 10.5. The van der Waals surface area contributed by atoms with Crippen LogP contribution in [-0.4, -0.2) is 37.6 Å². The van der Waals surface area contributed by atoms with E-state index in [0.29, 0.717) is 34.3 Å². The van der Waals surface area contributed by atoms with Gasteiger partial charge in [0, 0.05) is 22.5 Å². The molecule has 1 aromatic heterocycles. The SMILES string of the molecule is CCc1sc(NC(=O)c2cccc(CNC(=O)c3ccc(OC)c(OC)c3)c2)nc1CCCN. The van der Waals surface area contributed by atoms with E-state index >= 15 is 0 Å². The Bertz CT molecular complexity index is 1150. The Morgan fingerprint density at radius 1 is 1.03 bits per heavy atom. The number of carbonyl (C=O) groups excluding carboxylic acids is 2. The maximum absolute atomic E-state index is 12.8. The highest BCUT2D eigenvalue weighted by Gasteiger charge is 2.14. The number of thiazole rings is 1. The number of hydrogen-bond acceptors (Lipinski definition) is 7. The van der Waals surface area contributed by atoms with E-state index < -0.39 is 0 Å². The molecule has 0 saturated carbocycles. The van der Waals surface area contributed by atoms with Gasteiger partial charge >= 0.3 is 0 Å². The van der Waals surface area contributed by atoms with E-state index in [2.05, 4.69) is 22.5 Å². The van der Waals surface area contributed by atoms with Crippen molar-refractivity contribution in [2.45, 2.75) is 32.7 Å². The van der Waals surface area contributed by atoms with Crippen molar-refractivity contribution in [1.29, 1.82) is 0 Å². The fraction of sp³-hybridized carbons (Fsp3) is 0.320. The number of carbonyl (C=O) groups is 2. The highest BCUT2D eigenvalue weighted by atomic mass is 32.1. The lowest BCUT2D eigenvalue weighted by Gasteiger charge is -2.10. The van der Waals surface area contributed by atoms with Gasteiger partial charge in [-0.3, -0.25) is 14.9 Å². The number of nitrogens with two attached hydrogens (primary N) is 1. The lowest BCUT2D eigenvalue weighted by atomic mass is 10.1. The van der Waals surface area contributed by atoms with Gasteiger partial charge in [-0.1, -0.05) is 19.1 Å². The standard InChI is InChI=1S/C25H30N4O4S/c1-4-22-19(9-6-12-26)28-25(34-22)29-24(31)17-8-5-7-16(13-17)15-27-23(30)18-10-11-20(32-2)21(14-18)33-3/h5,7-8,10-11,13-14H,4,6,9,12,15,26H2,1-3H3,(H,27,30)(H,28,29,31). The van der Waals surface area contributed by atoms with Crippen LogP contribution < -0.4 is 25.8 Å². The normalized spacial score (nSPS) is 10.6. The van der Waals surface area contributed by atoms with E-state index in [1.807, 2.05) is 6.07 Å². The number of aryl methyl sites for hydroxylation is 2. The van der Waals surface area contributed by atoms with Gasteiger partial charge in [-0.2, -0.15) is 0 Å². The van der Waals surface area contributed by atoms with Crippen LogP contribution >= 0.6 is 11.3 Å². The predicted octanol–water partition coefficient (Wildman–Crippen LogP) is 3.80. The molecule has 0 saturated heterocycles. The Labute approximate surface area is 203 Å². The zero-order valence-electron chi connectivity index (χ0n) is 19.6. The van der Waals surface area contributed by atoms with Crippen molar-refractivity contribution >= 4 is 28.3 Å².